The van der Waals surface area contributed by atoms with Crippen LogP contribution >= 0.6 is 11.6 Å². The molecule has 1 N–H and O–H groups in total. The molecular formula is C14H22ClNO3. The Balaban J connectivity index is 2.86. The molecule has 0 aliphatic heterocycles. The Morgan fingerprint density at radius 1 is 1.21 bits per heavy atom. The van der Waals surface area contributed by atoms with Gasteiger partial charge in [0, 0.05) is 30.3 Å². The fourth-order valence-electron chi connectivity index (χ4n) is 1.70. The first-order valence-electron chi connectivity index (χ1n) is 6.41. The predicted molar refractivity (Wildman–Crippen MR) is 77.4 cm³/mol. The summed E-state index contributed by atoms with van der Waals surface area (Å²) < 4.78 is 16.1. The van der Waals surface area contributed by atoms with Gasteiger partial charge < -0.3 is 19.5 Å². The zero-order valence-electron chi connectivity index (χ0n) is 11.8. The maximum Gasteiger partial charge on any atom is 0.165 e. The lowest BCUT2D eigenvalue weighted by atomic mass is 10.1. The van der Waals surface area contributed by atoms with Crippen molar-refractivity contribution in [1.29, 1.82) is 0 Å². The molecule has 0 unspecified atom stereocenters. The molecule has 0 aromatic heterocycles. The molecule has 0 atom stereocenters. The second-order valence-electron chi connectivity index (χ2n) is 4.11. The summed E-state index contributed by atoms with van der Waals surface area (Å²) in [5, 5.41) is 3.98. The van der Waals surface area contributed by atoms with Gasteiger partial charge in [-0.3, -0.25) is 0 Å². The van der Waals surface area contributed by atoms with E-state index in [1.54, 1.807) is 20.3 Å². The first-order chi connectivity index (χ1) is 9.22. The number of hydrogen-bond donors (Lipinski definition) is 1. The first kappa shape index (κ1) is 16.1. The molecule has 0 saturated heterocycles. The van der Waals surface area contributed by atoms with Gasteiger partial charge >= 0.3 is 0 Å². The van der Waals surface area contributed by atoms with E-state index in [1.165, 1.54) is 0 Å². The Labute approximate surface area is 120 Å². The monoisotopic (exact) mass is 287 g/mol. The highest BCUT2D eigenvalue weighted by atomic mass is 35.5. The number of rotatable bonds is 9. The first-order valence-corrected chi connectivity index (χ1v) is 6.79. The Hall–Kier alpha value is -0.970. The van der Waals surface area contributed by atoms with E-state index in [9.17, 15) is 0 Å². The molecule has 0 fully saturated rings. The molecule has 0 aliphatic carbocycles. The minimum atomic E-state index is 0.481. The van der Waals surface area contributed by atoms with Crippen LogP contribution < -0.4 is 14.8 Å². The summed E-state index contributed by atoms with van der Waals surface area (Å²) in [6.45, 7) is 4.80. The lowest BCUT2D eigenvalue weighted by Crippen LogP contribution is -2.16. The summed E-state index contributed by atoms with van der Waals surface area (Å²) in [7, 11) is 3.25. The van der Waals surface area contributed by atoms with Crippen molar-refractivity contribution in [3.8, 4) is 11.5 Å². The van der Waals surface area contributed by atoms with Gasteiger partial charge in [0.25, 0.3) is 0 Å². The van der Waals surface area contributed by atoms with E-state index in [2.05, 4.69) is 12.2 Å². The van der Waals surface area contributed by atoms with Gasteiger partial charge in [0.15, 0.2) is 11.5 Å². The highest BCUT2D eigenvalue weighted by Gasteiger charge is 2.12. The molecule has 5 heteroatoms. The van der Waals surface area contributed by atoms with Crippen LogP contribution in [-0.2, 0) is 11.3 Å². The van der Waals surface area contributed by atoms with Gasteiger partial charge in [-0.25, -0.2) is 0 Å². The highest BCUT2D eigenvalue weighted by molar-refractivity contribution is 6.30. The highest BCUT2D eigenvalue weighted by Crippen LogP contribution is 2.34. The van der Waals surface area contributed by atoms with Crippen molar-refractivity contribution in [2.75, 3.05) is 34.0 Å². The van der Waals surface area contributed by atoms with Crippen LogP contribution in [0.2, 0.25) is 5.02 Å². The Bertz CT molecular complexity index is 385. The number of hydrogen-bond acceptors (Lipinski definition) is 4. The van der Waals surface area contributed by atoms with Gasteiger partial charge in [-0.05, 0) is 19.0 Å². The standard InChI is InChI=1S/C14H22ClNO3/c1-4-5-16-10-11-8-12(15)9-13(18-3)14(11)19-7-6-17-2/h8-9,16H,4-7,10H2,1-3H3. The lowest BCUT2D eigenvalue weighted by Gasteiger charge is -2.16. The van der Waals surface area contributed by atoms with E-state index in [4.69, 9.17) is 25.8 Å². The van der Waals surface area contributed by atoms with Gasteiger partial charge in [-0.15, -0.1) is 0 Å². The van der Waals surface area contributed by atoms with Crippen LogP contribution in [-0.4, -0.2) is 34.0 Å². The SMILES string of the molecule is CCCNCc1cc(Cl)cc(OC)c1OCCOC. The summed E-state index contributed by atoms with van der Waals surface area (Å²) in [4.78, 5) is 0. The zero-order valence-corrected chi connectivity index (χ0v) is 12.5. The van der Waals surface area contributed by atoms with Crippen LogP contribution in [0.15, 0.2) is 12.1 Å². The van der Waals surface area contributed by atoms with E-state index >= 15 is 0 Å². The van der Waals surface area contributed by atoms with Crippen molar-refractivity contribution in [2.45, 2.75) is 19.9 Å². The third-order valence-electron chi connectivity index (χ3n) is 2.59. The maximum absolute atomic E-state index is 6.09. The van der Waals surface area contributed by atoms with Crippen molar-refractivity contribution < 1.29 is 14.2 Å². The molecule has 1 aromatic rings. The summed E-state index contributed by atoms with van der Waals surface area (Å²) in [5.74, 6) is 1.38. The smallest absolute Gasteiger partial charge is 0.165 e. The molecule has 0 radical (unpaired) electrons. The number of methoxy groups -OCH3 is 2. The minimum Gasteiger partial charge on any atom is -0.493 e. The maximum atomic E-state index is 6.09. The molecule has 0 spiro atoms. The lowest BCUT2D eigenvalue weighted by molar-refractivity contribution is 0.143. The molecule has 0 bridgehead atoms. The number of nitrogens with one attached hydrogen (secondary N) is 1. The third kappa shape index (κ3) is 5.27. The largest absolute Gasteiger partial charge is 0.493 e. The fraction of sp³-hybridized carbons (Fsp3) is 0.571. The zero-order chi connectivity index (χ0) is 14.1. The summed E-state index contributed by atoms with van der Waals surface area (Å²) >= 11 is 6.09. The van der Waals surface area contributed by atoms with E-state index in [1.807, 2.05) is 6.07 Å². The van der Waals surface area contributed by atoms with Crippen LogP contribution in [0.4, 0.5) is 0 Å². The fourth-order valence-corrected chi connectivity index (χ4v) is 1.93. The Morgan fingerprint density at radius 2 is 2.00 bits per heavy atom. The van der Waals surface area contributed by atoms with E-state index < -0.39 is 0 Å². The molecular weight excluding hydrogens is 266 g/mol. The van der Waals surface area contributed by atoms with Crippen LogP contribution in [0.3, 0.4) is 0 Å². The molecule has 1 rings (SSSR count). The van der Waals surface area contributed by atoms with Crippen LogP contribution in [0, 0.1) is 0 Å². The Morgan fingerprint density at radius 3 is 2.63 bits per heavy atom. The van der Waals surface area contributed by atoms with Crippen LogP contribution in [0.25, 0.3) is 0 Å². The summed E-state index contributed by atoms with van der Waals surface area (Å²) in [6, 6.07) is 3.65. The van der Waals surface area contributed by atoms with Crippen molar-refractivity contribution >= 4 is 11.6 Å². The van der Waals surface area contributed by atoms with Crippen molar-refractivity contribution in [3.05, 3.63) is 22.7 Å². The molecule has 108 valence electrons. The normalized spacial score (nSPS) is 10.5. The molecule has 4 nitrogen and oxygen atoms in total. The average Bonchev–Trinajstić information content (AvgIpc) is 2.41. The predicted octanol–water partition coefficient (Wildman–Crippen LogP) is 2.87. The van der Waals surface area contributed by atoms with Gasteiger partial charge in [-0.1, -0.05) is 18.5 Å². The average molecular weight is 288 g/mol. The Kier molecular flexibility index (Phi) is 7.63. The van der Waals surface area contributed by atoms with Crippen LogP contribution in [0.5, 0.6) is 11.5 Å². The molecule has 0 saturated carbocycles. The van der Waals surface area contributed by atoms with E-state index in [-0.39, 0.29) is 0 Å². The molecule has 0 heterocycles. The van der Waals surface area contributed by atoms with E-state index in [0.29, 0.717) is 30.5 Å². The second kappa shape index (κ2) is 9.02. The van der Waals surface area contributed by atoms with Gasteiger partial charge in [0.2, 0.25) is 0 Å². The summed E-state index contributed by atoms with van der Waals surface area (Å²) in [6.07, 6.45) is 1.08. The molecule has 0 aliphatic rings. The molecule has 0 amide bonds. The second-order valence-corrected chi connectivity index (χ2v) is 4.55. The quantitative estimate of drug-likeness (QED) is 0.709. The third-order valence-corrected chi connectivity index (χ3v) is 2.81. The van der Waals surface area contributed by atoms with Crippen molar-refractivity contribution in [2.24, 2.45) is 0 Å². The topological polar surface area (TPSA) is 39.7 Å². The van der Waals surface area contributed by atoms with E-state index in [0.717, 1.165) is 24.3 Å². The minimum absolute atomic E-state index is 0.481. The summed E-state index contributed by atoms with van der Waals surface area (Å²) in [5.41, 5.74) is 0.994. The van der Waals surface area contributed by atoms with Crippen LogP contribution in [0.1, 0.15) is 18.9 Å². The van der Waals surface area contributed by atoms with Gasteiger partial charge in [-0.2, -0.15) is 0 Å². The van der Waals surface area contributed by atoms with Gasteiger partial charge in [0.1, 0.15) is 6.61 Å². The molecule has 19 heavy (non-hydrogen) atoms. The van der Waals surface area contributed by atoms with Crippen molar-refractivity contribution in [3.63, 3.8) is 0 Å². The molecule has 1 aromatic carbocycles. The van der Waals surface area contributed by atoms with Gasteiger partial charge in [0.05, 0.1) is 13.7 Å². The number of ether oxygens (including phenoxy) is 3. The van der Waals surface area contributed by atoms with Crippen molar-refractivity contribution in [1.82, 2.24) is 5.32 Å². The number of benzene rings is 1. The number of halogens is 1.